The molecular weight excluding hydrogens is 394 g/mol. The van der Waals surface area contributed by atoms with Crippen molar-refractivity contribution < 1.29 is 19.2 Å². The lowest BCUT2D eigenvalue weighted by Gasteiger charge is -2.23. The fourth-order valence-electron chi connectivity index (χ4n) is 3.44. The monoisotopic (exact) mass is 417 g/mol. The molecule has 1 heterocycles. The molecule has 0 radical (unpaired) electrons. The van der Waals surface area contributed by atoms with Gasteiger partial charge in [0.25, 0.3) is 11.8 Å². The zero-order chi connectivity index (χ0) is 22.5. The first-order valence-electron chi connectivity index (χ1n) is 9.90. The van der Waals surface area contributed by atoms with Crippen molar-refractivity contribution in [1.82, 2.24) is 10.2 Å². The van der Waals surface area contributed by atoms with Gasteiger partial charge < -0.3 is 10.2 Å². The number of anilines is 1. The predicted molar refractivity (Wildman–Crippen MR) is 117 cm³/mol. The molecule has 2 aromatic rings. The Kier molecular flexibility index (Phi) is 6.51. The Morgan fingerprint density at radius 2 is 1.84 bits per heavy atom. The first-order valence-corrected chi connectivity index (χ1v) is 9.90. The summed E-state index contributed by atoms with van der Waals surface area (Å²) in [7, 11) is 1.49. The van der Waals surface area contributed by atoms with Gasteiger partial charge in [0.2, 0.25) is 11.8 Å². The number of carbonyl (C=O) groups excluding carboxylic acids is 4. The lowest BCUT2D eigenvalue weighted by molar-refractivity contribution is -0.123. The number of amides is 4. The van der Waals surface area contributed by atoms with Gasteiger partial charge in [-0.3, -0.25) is 24.1 Å². The highest BCUT2D eigenvalue weighted by molar-refractivity contribution is 6.21. The number of aryl methyl sites for hydroxylation is 1. The number of nitrogens with one attached hydrogen (secondary N) is 1. The maximum Gasteiger partial charge on any atom is 0.261 e. The number of terminal acetylenes is 1. The highest BCUT2D eigenvalue weighted by atomic mass is 16.2. The van der Waals surface area contributed by atoms with E-state index in [1.807, 2.05) is 6.92 Å². The quantitative estimate of drug-likeness (QED) is 0.552. The van der Waals surface area contributed by atoms with Crippen LogP contribution in [0, 0.1) is 19.3 Å². The van der Waals surface area contributed by atoms with Gasteiger partial charge in [-0.15, -0.1) is 6.42 Å². The van der Waals surface area contributed by atoms with E-state index < -0.39 is 0 Å². The fraction of sp³-hybridized carbons (Fsp3) is 0.250. The number of imide groups is 1. The molecule has 0 saturated heterocycles. The highest BCUT2D eigenvalue weighted by Gasteiger charge is 2.35. The molecule has 1 aliphatic rings. The third-order valence-electron chi connectivity index (χ3n) is 5.10. The molecule has 0 unspecified atom stereocenters. The van der Waals surface area contributed by atoms with E-state index in [2.05, 4.69) is 11.2 Å². The van der Waals surface area contributed by atoms with Gasteiger partial charge in [-0.05, 0) is 43.7 Å². The number of carbonyl (C=O) groups is 4. The molecule has 7 nitrogen and oxygen atoms in total. The Morgan fingerprint density at radius 3 is 2.55 bits per heavy atom. The van der Waals surface area contributed by atoms with E-state index in [9.17, 15) is 19.2 Å². The topological polar surface area (TPSA) is 86.8 Å². The molecule has 7 heteroatoms. The Labute approximate surface area is 181 Å². The number of fused-ring (bicyclic) bond motifs is 1. The van der Waals surface area contributed by atoms with Crippen LogP contribution in [0.4, 0.5) is 5.69 Å². The standard InChI is InChI=1S/C24H23N3O4/c1-4-17-7-5-8-18(14-17)27(15-21(28)25-3)22(29)9-6-12-26-23(30)19-11-10-16(2)13-20(19)24(26)31/h1,5,7-8,10-11,13-14H,6,9,12,15H2,2-3H3,(H,25,28). The predicted octanol–water partition coefficient (Wildman–Crippen LogP) is 2.13. The molecular formula is C24H23N3O4. The SMILES string of the molecule is C#Cc1cccc(N(CC(=O)NC)C(=O)CCCN2C(=O)c3ccc(C)cc3C2=O)c1. The molecule has 0 aromatic heterocycles. The average Bonchev–Trinajstić information content (AvgIpc) is 3.01. The minimum Gasteiger partial charge on any atom is -0.358 e. The van der Waals surface area contributed by atoms with E-state index in [1.165, 1.54) is 16.8 Å². The van der Waals surface area contributed by atoms with Gasteiger partial charge in [0.05, 0.1) is 11.1 Å². The van der Waals surface area contributed by atoms with Crippen molar-refractivity contribution in [3.05, 3.63) is 64.7 Å². The molecule has 158 valence electrons. The summed E-state index contributed by atoms with van der Waals surface area (Å²) in [4.78, 5) is 52.5. The van der Waals surface area contributed by atoms with Crippen LogP contribution < -0.4 is 10.2 Å². The van der Waals surface area contributed by atoms with E-state index in [0.29, 0.717) is 22.4 Å². The molecule has 0 atom stereocenters. The molecule has 0 aliphatic carbocycles. The third-order valence-corrected chi connectivity index (χ3v) is 5.10. The summed E-state index contributed by atoms with van der Waals surface area (Å²) >= 11 is 0. The molecule has 0 fully saturated rings. The minimum atomic E-state index is -0.351. The summed E-state index contributed by atoms with van der Waals surface area (Å²) in [6.07, 6.45) is 5.78. The van der Waals surface area contributed by atoms with Crippen LogP contribution in [0.25, 0.3) is 0 Å². The van der Waals surface area contributed by atoms with Crippen LogP contribution in [0.5, 0.6) is 0 Å². The van der Waals surface area contributed by atoms with Crippen molar-refractivity contribution in [3.8, 4) is 12.3 Å². The van der Waals surface area contributed by atoms with Crippen molar-refractivity contribution in [2.75, 3.05) is 25.0 Å². The van der Waals surface area contributed by atoms with Crippen LogP contribution in [-0.4, -0.2) is 48.7 Å². The highest BCUT2D eigenvalue weighted by Crippen LogP contribution is 2.24. The zero-order valence-electron chi connectivity index (χ0n) is 17.5. The van der Waals surface area contributed by atoms with E-state index in [4.69, 9.17) is 6.42 Å². The van der Waals surface area contributed by atoms with Gasteiger partial charge in [-0.1, -0.05) is 23.6 Å². The number of rotatable bonds is 7. The smallest absolute Gasteiger partial charge is 0.261 e. The lowest BCUT2D eigenvalue weighted by atomic mass is 10.1. The van der Waals surface area contributed by atoms with Crippen LogP contribution in [0.3, 0.4) is 0 Å². The maximum absolute atomic E-state index is 12.9. The molecule has 0 bridgehead atoms. The Balaban J connectivity index is 1.68. The normalized spacial score (nSPS) is 12.4. The third kappa shape index (κ3) is 4.64. The van der Waals surface area contributed by atoms with Gasteiger partial charge in [-0.2, -0.15) is 0 Å². The Bertz CT molecular complexity index is 1100. The van der Waals surface area contributed by atoms with Crippen molar-refractivity contribution >= 4 is 29.3 Å². The van der Waals surface area contributed by atoms with Crippen LogP contribution in [0.15, 0.2) is 42.5 Å². The van der Waals surface area contributed by atoms with Crippen LogP contribution in [-0.2, 0) is 9.59 Å². The largest absolute Gasteiger partial charge is 0.358 e. The Morgan fingerprint density at radius 1 is 1.10 bits per heavy atom. The second kappa shape index (κ2) is 9.26. The lowest BCUT2D eigenvalue weighted by Crippen LogP contribution is -2.40. The summed E-state index contributed by atoms with van der Waals surface area (Å²) < 4.78 is 0. The van der Waals surface area contributed by atoms with Crippen molar-refractivity contribution in [2.24, 2.45) is 0 Å². The van der Waals surface area contributed by atoms with Crippen molar-refractivity contribution in [3.63, 3.8) is 0 Å². The van der Waals surface area contributed by atoms with Crippen molar-refractivity contribution in [1.29, 1.82) is 0 Å². The molecule has 2 aromatic carbocycles. The molecule has 1 aliphatic heterocycles. The summed E-state index contributed by atoms with van der Waals surface area (Å²) in [6, 6.07) is 12.0. The number of hydrogen-bond donors (Lipinski definition) is 1. The van der Waals surface area contributed by atoms with Gasteiger partial charge >= 0.3 is 0 Å². The molecule has 0 saturated carbocycles. The van der Waals surface area contributed by atoms with Gasteiger partial charge in [-0.25, -0.2) is 0 Å². The van der Waals surface area contributed by atoms with Crippen LogP contribution >= 0.6 is 0 Å². The van der Waals surface area contributed by atoms with Gasteiger partial charge in [0.15, 0.2) is 0 Å². The van der Waals surface area contributed by atoms with Crippen LogP contribution in [0.2, 0.25) is 0 Å². The number of likely N-dealkylation sites (N-methyl/N-ethyl adjacent to an activating group) is 1. The molecule has 4 amide bonds. The summed E-state index contributed by atoms with van der Waals surface area (Å²) in [6.45, 7) is 1.82. The van der Waals surface area contributed by atoms with Crippen LogP contribution in [0.1, 0.15) is 44.7 Å². The second-order valence-corrected chi connectivity index (χ2v) is 7.26. The second-order valence-electron chi connectivity index (χ2n) is 7.26. The molecule has 1 N–H and O–H groups in total. The fourth-order valence-corrected chi connectivity index (χ4v) is 3.44. The van der Waals surface area contributed by atoms with Gasteiger partial charge in [0.1, 0.15) is 6.54 Å². The first-order chi connectivity index (χ1) is 14.8. The van der Waals surface area contributed by atoms with Crippen molar-refractivity contribution in [2.45, 2.75) is 19.8 Å². The number of benzene rings is 2. The average molecular weight is 417 g/mol. The molecule has 3 rings (SSSR count). The van der Waals surface area contributed by atoms with E-state index >= 15 is 0 Å². The minimum absolute atomic E-state index is 0.0592. The zero-order valence-corrected chi connectivity index (χ0v) is 17.5. The van der Waals surface area contributed by atoms with E-state index in [1.54, 1.807) is 42.5 Å². The maximum atomic E-state index is 12.9. The van der Waals surface area contributed by atoms with E-state index in [-0.39, 0.29) is 49.6 Å². The summed E-state index contributed by atoms with van der Waals surface area (Å²) in [5, 5.41) is 2.51. The molecule has 31 heavy (non-hydrogen) atoms. The van der Waals surface area contributed by atoms with E-state index in [0.717, 1.165) is 5.56 Å². The number of hydrogen-bond acceptors (Lipinski definition) is 4. The summed E-state index contributed by atoms with van der Waals surface area (Å²) in [5.41, 5.74) is 2.78. The number of nitrogens with zero attached hydrogens (tertiary/aromatic N) is 2. The molecule has 0 spiro atoms. The summed E-state index contributed by atoms with van der Waals surface area (Å²) in [5.74, 6) is 1.19. The first kappa shape index (κ1) is 21.8. The van der Waals surface area contributed by atoms with Gasteiger partial charge in [0, 0.05) is 31.3 Å². The Hall–Kier alpha value is -3.92.